The summed E-state index contributed by atoms with van der Waals surface area (Å²) in [6, 6.07) is 0. The Hall–Kier alpha value is -0.830. The van der Waals surface area contributed by atoms with Gasteiger partial charge < -0.3 is 10.4 Å². The predicted molar refractivity (Wildman–Crippen MR) is 113 cm³/mol. The van der Waals surface area contributed by atoms with E-state index in [0.29, 0.717) is 13.0 Å². The van der Waals surface area contributed by atoms with E-state index in [9.17, 15) is 4.79 Å². The predicted octanol–water partition coefficient (Wildman–Crippen LogP) is 5.87. The van der Waals surface area contributed by atoms with Crippen molar-refractivity contribution in [3.8, 4) is 0 Å². The average Bonchev–Trinajstić information content (AvgIpc) is 2.54. The van der Waals surface area contributed by atoms with Crippen molar-refractivity contribution in [2.75, 3.05) is 13.2 Å². The molecule has 3 heteroatoms. The van der Waals surface area contributed by atoms with Gasteiger partial charge in [0, 0.05) is 19.2 Å². The van der Waals surface area contributed by atoms with Crippen LogP contribution in [0.25, 0.3) is 0 Å². The number of allylic oxidation sites excluding steroid dienone is 1. The highest BCUT2D eigenvalue weighted by atomic mass is 16.3. The van der Waals surface area contributed by atoms with Gasteiger partial charge in [0.1, 0.15) is 0 Å². The lowest BCUT2D eigenvalue weighted by Crippen LogP contribution is -2.23. The first-order chi connectivity index (χ1) is 12.3. The minimum atomic E-state index is -0.0320. The number of amides is 1. The largest absolute Gasteiger partial charge is 0.396 e. The molecule has 26 heavy (non-hydrogen) atoms. The van der Waals surface area contributed by atoms with Crippen molar-refractivity contribution in [2.45, 2.75) is 98.8 Å². The lowest BCUT2D eigenvalue weighted by atomic mass is 9.91. The fourth-order valence-electron chi connectivity index (χ4n) is 3.35. The summed E-state index contributed by atoms with van der Waals surface area (Å²) in [7, 11) is 0. The first-order valence-electron chi connectivity index (χ1n) is 10.9. The maximum atomic E-state index is 11.7. The highest BCUT2D eigenvalue weighted by Gasteiger charge is 2.07. The lowest BCUT2D eigenvalue weighted by Gasteiger charge is -2.15. The van der Waals surface area contributed by atoms with E-state index in [-0.39, 0.29) is 12.5 Å². The molecule has 0 fully saturated rings. The standard InChI is InChI=1S/C23H45NO2/c1-19(2)10-6-11-20(3)12-7-13-21(4)14-8-15-22(5)18-23(26)24-16-9-17-25/h18-21,25H,6-17H2,1-5H3,(H,24,26). The monoisotopic (exact) mass is 367 g/mol. The van der Waals surface area contributed by atoms with Crippen LogP contribution in [0.5, 0.6) is 0 Å². The van der Waals surface area contributed by atoms with Gasteiger partial charge in [-0.2, -0.15) is 0 Å². The summed E-state index contributed by atoms with van der Waals surface area (Å²) < 4.78 is 0. The van der Waals surface area contributed by atoms with Crippen molar-refractivity contribution in [1.82, 2.24) is 5.32 Å². The quantitative estimate of drug-likeness (QED) is 0.265. The average molecular weight is 368 g/mol. The Morgan fingerprint density at radius 1 is 0.885 bits per heavy atom. The van der Waals surface area contributed by atoms with Gasteiger partial charge >= 0.3 is 0 Å². The summed E-state index contributed by atoms with van der Waals surface area (Å²) in [4.78, 5) is 11.7. The Bertz CT molecular complexity index is 376. The van der Waals surface area contributed by atoms with Crippen LogP contribution in [0, 0.1) is 17.8 Å². The molecular formula is C23H45NO2. The molecule has 0 rings (SSSR count). The third-order valence-electron chi connectivity index (χ3n) is 5.15. The molecule has 0 bridgehead atoms. The number of nitrogens with one attached hydrogen (secondary N) is 1. The summed E-state index contributed by atoms with van der Waals surface area (Å²) >= 11 is 0. The second kappa shape index (κ2) is 16.4. The van der Waals surface area contributed by atoms with E-state index in [1.54, 1.807) is 6.08 Å². The van der Waals surface area contributed by atoms with Crippen LogP contribution in [0.4, 0.5) is 0 Å². The molecule has 0 aromatic rings. The minimum absolute atomic E-state index is 0.0320. The molecule has 0 saturated carbocycles. The number of aliphatic hydroxyl groups is 1. The summed E-state index contributed by atoms with van der Waals surface area (Å²) in [5.41, 5.74) is 1.15. The van der Waals surface area contributed by atoms with E-state index in [4.69, 9.17) is 5.11 Å². The summed E-state index contributed by atoms with van der Waals surface area (Å²) in [6.07, 6.45) is 13.9. The Morgan fingerprint density at radius 3 is 1.96 bits per heavy atom. The number of hydrogen-bond acceptors (Lipinski definition) is 2. The Balaban J connectivity index is 3.72. The van der Waals surface area contributed by atoms with Crippen LogP contribution in [0.2, 0.25) is 0 Å². The van der Waals surface area contributed by atoms with Gasteiger partial charge in [0.2, 0.25) is 5.91 Å². The zero-order valence-corrected chi connectivity index (χ0v) is 18.2. The van der Waals surface area contributed by atoms with Gasteiger partial charge in [-0.3, -0.25) is 4.79 Å². The van der Waals surface area contributed by atoms with Crippen molar-refractivity contribution >= 4 is 5.91 Å². The lowest BCUT2D eigenvalue weighted by molar-refractivity contribution is -0.116. The molecule has 0 radical (unpaired) electrons. The first kappa shape index (κ1) is 25.2. The zero-order valence-electron chi connectivity index (χ0n) is 18.2. The second-order valence-corrected chi connectivity index (χ2v) is 8.72. The van der Waals surface area contributed by atoms with Crippen LogP contribution < -0.4 is 5.32 Å². The summed E-state index contributed by atoms with van der Waals surface area (Å²) in [5.74, 6) is 2.46. The van der Waals surface area contributed by atoms with E-state index in [1.807, 2.05) is 6.92 Å². The number of carbonyl (C=O) groups excluding carboxylic acids is 1. The van der Waals surface area contributed by atoms with Gasteiger partial charge in [-0.1, -0.05) is 78.2 Å². The van der Waals surface area contributed by atoms with Crippen molar-refractivity contribution in [2.24, 2.45) is 17.8 Å². The molecule has 0 spiro atoms. The van der Waals surface area contributed by atoms with Gasteiger partial charge in [0.15, 0.2) is 0 Å². The van der Waals surface area contributed by atoms with Crippen LogP contribution in [-0.4, -0.2) is 24.2 Å². The molecular weight excluding hydrogens is 322 g/mol. The molecule has 0 aromatic heterocycles. The summed E-state index contributed by atoms with van der Waals surface area (Å²) in [5, 5.41) is 11.5. The van der Waals surface area contributed by atoms with Gasteiger partial charge in [-0.05, 0) is 43.9 Å². The third-order valence-corrected chi connectivity index (χ3v) is 5.15. The van der Waals surface area contributed by atoms with E-state index >= 15 is 0 Å². The number of carbonyl (C=O) groups is 1. The van der Waals surface area contributed by atoms with Crippen LogP contribution in [-0.2, 0) is 4.79 Å². The first-order valence-corrected chi connectivity index (χ1v) is 10.9. The fraction of sp³-hybridized carbons (Fsp3) is 0.870. The van der Waals surface area contributed by atoms with Crippen molar-refractivity contribution < 1.29 is 9.90 Å². The zero-order chi connectivity index (χ0) is 19.8. The normalized spacial score (nSPS) is 14.5. The third kappa shape index (κ3) is 16.6. The van der Waals surface area contributed by atoms with Gasteiger partial charge in [-0.15, -0.1) is 0 Å². The molecule has 154 valence electrons. The van der Waals surface area contributed by atoms with Gasteiger partial charge in [0.05, 0.1) is 0 Å². The smallest absolute Gasteiger partial charge is 0.243 e. The van der Waals surface area contributed by atoms with Crippen molar-refractivity contribution in [3.05, 3.63) is 11.6 Å². The molecule has 3 nitrogen and oxygen atoms in total. The highest BCUT2D eigenvalue weighted by molar-refractivity contribution is 5.88. The second-order valence-electron chi connectivity index (χ2n) is 8.72. The maximum Gasteiger partial charge on any atom is 0.243 e. The topological polar surface area (TPSA) is 49.3 Å². The number of rotatable bonds is 16. The summed E-state index contributed by atoms with van der Waals surface area (Å²) in [6.45, 7) is 12.1. The van der Waals surface area contributed by atoms with E-state index in [0.717, 1.165) is 36.2 Å². The Morgan fingerprint density at radius 2 is 1.42 bits per heavy atom. The van der Waals surface area contributed by atoms with E-state index in [2.05, 4.69) is 33.0 Å². The molecule has 2 unspecified atom stereocenters. The SMILES string of the molecule is CC(=CC(=O)NCCCO)CCCC(C)CCCC(C)CCCC(C)C. The molecule has 0 heterocycles. The molecule has 0 aromatic carbocycles. The van der Waals surface area contributed by atoms with Crippen molar-refractivity contribution in [1.29, 1.82) is 0 Å². The van der Waals surface area contributed by atoms with Gasteiger partial charge in [-0.25, -0.2) is 0 Å². The highest BCUT2D eigenvalue weighted by Crippen LogP contribution is 2.21. The number of aliphatic hydroxyl groups excluding tert-OH is 1. The molecule has 0 saturated heterocycles. The molecule has 0 aliphatic heterocycles. The Labute approximate surface area is 163 Å². The van der Waals surface area contributed by atoms with Crippen LogP contribution >= 0.6 is 0 Å². The van der Waals surface area contributed by atoms with E-state index in [1.165, 1.54) is 44.9 Å². The molecule has 2 N–H and O–H groups in total. The maximum absolute atomic E-state index is 11.7. The van der Waals surface area contributed by atoms with Crippen LogP contribution in [0.15, 0.2) is 11.6 Å². The molecule has 2 atom stereocenters. The van der Waals surface area contributed by atoms with E-state index < -0.39 is 0 Å². The molecule has 0 aliphatic carbocycles. The minimum Gasteiger partial charge on any atom is -0.396 e. The molecule has 0 aliphatic rings. The fourth-order valence-corrected chi connectivity index (χ4v) is 3.35. The molecule has 1 amide bonds. The van der Waals surface area contributed by atoms with Crippen LogP contribution in [0.3, 0.4) is 0 Å². The van der Waals surface area contributed by atoms with Crippen LogP contribution in [0.1, 0.15) is 98.8 Å². The van der Waals surface area contributed by atoms with Crippen molar-refractivity contribution in [3.63, 3.8) is 0 Å². The Kier molecular flexibility index (Phi) is 15.8. The number of hydrogen-bond donors (Lipinski definition) is 2. The van der Waals surface area contributed by atoms with Gasteiger partial charge in [0.25, 0.3) is 0 Å².